The molecular formula is C19H25NO2. The average molecular weight is 299 g/mol. The number of benzene rings is 1. The van der Waals surface area contributed by atoms with E-state index in [9.17, 15) is 4.79 Å². The number of carbonyl (C=O) groups is 1. The SMILES string of the molecule is C=CCN(C)C1C=CC(C(=O)OCC)(c2ccccc2)CC1. The summed E-state index contributed by atoms with van der Waals surface area (Å²) in [6.07, 6.45) is 7.76. The summed E-state index contributed by atoms with van der Waals surface area (Å²) in [6.45, 7) is 6.88. The second kappa shape index (κ2) is 7.41. The van der Waals surface area contributed by atoms with Crippen LogP contribution in [0, 0.1) is 0 Å². The van der Waals surface area contributed by atoms with Crippen molar-refractivity contribution in [1.29, 1.82) is 0 Å². The zero-order chi connectivity index (χ0) is 16.0. The van der Waals surface area contributed by atoms with Crippen molar-refractivity contribution in [2.75, 3.05) is 20.2 Å². The minimum absolute atomic E-state index is 0.151. The highest BCUT2D eigenvalue weighted by molar-refractivity contribution is 5.86. The zero-order valence-electron chi connectivity index (χ0n) is 13.5. The summed E-state index contributed by atoms with van der Waals surface area (Å²) in [7, 11) is 2.08. The van der Waals surface area contributed by atoms with Crippen LogP contribution in [0.15, 0.2) is 55.1 Å². The minimum atomic E-state index is -0.650. The highest BCUT2D eigenvalue weighted by Gasteiger charge is 2.41. The first kappa shape index (κ1) is 16.5. The molecule has 0 fully saturated rings. The number of hydrogen-bond acceptors (Lipinski definition) is 3. The van der Waals surface area contributed by atoms with Crippen LogP contribution in [0.5, 0.6) is 0 Å². The number of nitrogens with zero attached hydrogens (tertiary/aromatic N) is 1. The fraction of sp³-hybridized carbons (Fsp3) is 0.421. The third-order valence-corrected chi connectivity index (χ3v) is 4.35. The fourth-order valence-corrected chi connectivity index (χ4v) is 3.06. The molecule has 0 saturated carbocycles. The Morgan fingerprint density at radius 1 is 1.45 bits per heavy atom. The van der Waals surface area contributed by atoms with Crippen LogP contribution in [0.3, 0.4) is 0 Å². The number of carbonyl (C=O) groups excluding carboxylic acids is 1. The summed E-state index contributed by atoms with van der Waals surface area (Å²) in [5.74, 6) is -0.151. The minimum Gasteiger partial charge on any atom is -0.465 e. The molecule has 1 aromatic carbocycles. The maximum absolute atomic E-state index is 12.6. The van der Waals surface area contributed by atoms with Crippen molar-refractivity contribution in [3.63, 3.8) is 0 Å². The van der Waals surface area contributed by atoms with Crippen molar-refractivity contribution in [2.45, 2.75) is 31.2 Å². The normalized spacial score (nSPS) is 24.2. The van der Waals surface area contributed by atoms with Gasteiger partial charge in [-0.2, -0.15) is 0 Å². The first-order valence-electron chi connectivity index (χ1n) is 7.87. The van der Waals surface area contributed by atoms with Gasteiger partial charge in [0, 0.05) is 12.6 Å². The molecule has 0 radical (unpaired) electrons. The molecule has 22 heavy (non-hydrogen) atoms. The van der Waals surface area contributed by atoms with E-state index >= 15 is 0 Å². The van der Waals surface area contributed by atoms with Crippen molar-refractivity contribution in [3.8, 4) is 0 Å². The standard InChI is InChI=1S/C19H25NO2/c1-4-15-20(3)17-11-13-19(14-12-17,18(21)22-5-2)16-9-7-6-8-10-16/h4,6-11,13,17H,1,5,12,14-15H2,2-3H3. The molecule has 2 unspecified atom stereocenters. The molecule has 0 spiro atoms. The number of rotatable bonds is 6. The molecule has 2 rings (SSSR count). The van der Waals surface area contributed by atoms with Crippen molar-refractivity contribution >= 4 is 5.97 Å². The van der Waals surface area contributed by atoms with Crippen molar-refractivity contribution < 1.29 is 9.53 Å². The van der Waals surface area contributed by atoms with E-state index in [4.69, 9.17) is 4.74 Å². The predicted octanol–water partition coefficient (Wildman–Crippen LogP) is 3.32. The number of ether oxygens (including phenoxy) is 1. The summed E-state index contributed by atoms with van der Waals surface area (Å²) >= 11 is 0. The molecule has 3 heteroatoms. The predicted molar refractivity (Wildman–Crippen MR) is 89.7 cm³/mol. The van der Waals surface area contributed by atoms with E-state index in [2.05, 4.69) is 24.6 Å². The lowest BCUT2D eigenvalue weighted by Crippen LogP contribution is -2.42. The molecule has 2 atom stereocenters. The molecule has 1 aliphatic rings. The van der Waals surface area contributed by atoms with Gasteiger partial charge in [-0.15, -0.1) is 6.58 Å². The van der Waals surface area contributed by atoms with Crippen molar-refractivity contribution in [1.82, 2.24) is 4.90 Å². The summed E-state index contributed by atoms with van der Waals surface area (Å²) in [6, 6.07) is 10.3. The molecule has 1 aliphatic carbocycles. The Morgan fingerprint density at radius 2 is 2.18 bits per heavy atom. The number of likely N-dealkylation sites (N-methyl/N-ethyl adjacent to an activating group) is 1. The van der Waals surface area contributed by atoms with E-state index in [1.807, 2.05) is 49.4 Å². The highest BCUT2D eigenvalue weighted by Crippen LogP contribution is 2.37. The maximum atomic E-state index is 12.6. The van der Waals surface area contributed by atoms with E-state index < -0.39 is 5.41 Å². The molecule has 3 nitrogen and oxygen atoms in total. The van der Waals surface area contributed by atoms with E-state index in [1.165, 1.54) is 0 Å². The first-order valence-corrected chi connectivity index (χ1v) is 7.87. The van der Waals surface area contributed by atoms with Gasteiger partial charge in [0.25, 0.3) is 0 Å². The third-order valence-electron chi connectivity index (χ3n) is 4.35. The second-order valence-electron chi connectivity index (χ2n) is 5.75. The molecule has 118 valence electrons. The lowest BCUT2D eigenvalue weighted by Gasteiger charge is -2.36. The second-order valence-corrected chi connectivity index (χ2v) is 5.75. The van der Waals surface area contributed by atoms with Crippen LogP contribution in [0.2, 0.25) is 0 Å². The Kier molecular flexibility index (Phi) is 5.56. The molecule has 0 N–H and O–H groups in total. The Hall–Kier alpha value is -1.87. The fourth-order valence-electron chi connectivity index (χ4n) is 3.06. The van der Waals surface area contributed by atoms with E-state index in [0.717, 1.165) is 24.9 Å². The highest BCUT2D eigenvalue weighted by atomic mass is 16.5. The van der Waals surface area contributed by atoms with E-state index in [-0.39, 0.29) is 5.97 Å². The van der Waals surface area contributed by atoms with Crippen molar-refractivity contribution in [2.24, 2.45) is 0 Å². The Labute approximate surface area is 133 Å². The lowest BCUT2D eigenvalue weighted by molar-refractivity contribution is -0.148. The monoisotopic (exact) mass is 299 g/mol. The molecule has 0 heterocycles. The molecule has 1 aromatic rings. The van der Waals surface area contributed by atoms with Crippen LogP contribution in [0.1, 0.15) is 25.3 Å². The van der Waals surface area contributed by atoms with Gasteiger partial charge in [-0.3, -0.25) is 9.69 Å². The zero-order valence-corrected chi connectivity index (χ0v) is 13.5. The molecule has 0 amide bonds. The number of esters is 1. The maximum Gasteiger partial charge on any atom is 0.320 e. The van der Waals surface area contributed by atoms with E-state index in [1.54, 1.807) is 0 Å². The smallest absolute Gasteiger partial charge is 0.320 e. The van der Waals surface area contributed by atoms with Gasteiger partial charge in [-0.1, -0.05) is 48.6 Å². The first-order chi connectivity index (χ1) is 10.6. The van der Waals surface area contributed by atoms with Gasteiger partial charge in [-0.05, 0) is 32.4 Å². The third kappa shape index (κ3) is 3.30. The van der Waals surface area contributed by atoms with Gasteiger partial charge < -0.3 is 4.74 Å². The van der Waals surface area contributed by atoms with Gasteiger partial charge in [-0.25, -0.2) is 0 Å². The van der Waals surface area contributed by atoms with Crippen LogP contribution in [0.25, 0.3) is 0 Å². The summed E-state index contributed by atoms with van der Waals surface area (Å²) < 4.78 is 5.36. The molecule has 0 aromatic heterocycles. The molecule has 0 aliphatic heterocycles. The van der Waals surface area contributed by atoms with Crippen LogP contribution in [-0.4, -0.2) is 37.1 Å². The van der Waals surface area contributed by atoms with Gasteiger partial charge in [0.15, 0.2) is 0 Å². The Bertz CT molecular complexity index is 538. The van der Waals surface area contributed by atoms with Crippen molar-refractivity contribution in [3.05, 3.63) is 60.7 Å². The molecule has 0 saturated heterocycles. The number of hydrogen-bond donors (Lipinski definition) is 0. The Morgan fingerprint density at radius 3 is 2.73 bits per heavy atom. The average Bonchev–Trinajstić information content (AvgIpc) is 2.56. The topological polar surface area (TPSA) is 29.5 Å². The van der Waals surface area contributed by atoms with Crippen LogP contribution in [-0.2, 0) is 14.9 Å². The summed E-state index contributed by atoms with van der Waals surface area (Å²) in [5.41, 5.74) is 0.359. The molecule has 0 bridgehead atoms. The summed E-state index contributed by atoms with van der Waals surface area (Å²) in [5, 5.41) is 0. The van der Waals surface area contributed by atoms with Gasteiger partial charge in [0.05, 0.1) is 6.61 Å². The van der Waals surface area contributed by atoms with Gasteiger partial charge in [0.2, 0.25) is 0 Å². The largest absolute Gasteiger partial charge is 0.465 e. The van der Waals surface area contributed by atoms with Gasteiger partial charge in [0.1, 0.15) is 5.41 Å². The Balaban J connectivity index is 2.31. The lowest BCUT2D eigenvalue weighted by atomic mass is 9.72. The quantitative estimate of drug-likeness (QED) is 0.596. The van der Waals surface area contributed by atoms with Crippen LogP contribution < -0.4 is 0 Å². The van der Waals surface area contributed by atoms with Crippen LogP contribution in [0.4, 0.5) is 0 Å². The molecular weight excluding hydrogens is 274 g/mol. The van der Waals surface area contributed by atoms with E-state index in [0.29, 0.717) is 12.6 Å². The van der Waals surface area contributed by atoms with Crippen LogP contribution >= 0.6 is 0 Å². The summed E-state index contributed by atoms with van der Waals surface area (Å²) in [4.78, 5) is 14.9. The van der Waals surface area contributed by atoms with Gasteiger partial charge >= 0.3 is 5.97 Å².